The van der Waals surface area contributed by atoms with Crippen molar-refractivity contribution in [2.45, 2.75) is 25.4 Å². The Morgan fingerprint density at radius 3 is 3.04 bits per heavy atom. The molecule has 6 nitrogen and oxygen atoms in total. The Hall–Kier alpha value is -2.67. The Labute approximate surface area is 164 Å². The van der Waals surface area contributed by atoms with Gasteiger partial charge in [0.25, 0.3) is 5.56 Å². The summed E-state index contributed by atoms with van der Waals surface area (Å²) in [5.74, 6) is 0.692. The molecule has 0 saturated heterocycles. The summed E-state index contributed by atoms with van der Waals surface area (Å²) in [4.78, 5) is 29.2. The number of amides is 1. The number of nitrogens with zero attached hydrogens (tertiary/aromatic N) is 2. The van der Waals surface area contributed by atoms with Crippen molar-refractivity contribution in [2.75, 3.05) is 6.61 Å². The first-order valence-electron chi connectivity index (χ1n) is 8.77. The minimum absolute atomic E-state index is 0.0924. The summed E-state index contributed by atoms with van der Waals surface area (Å²) < 4.78 is 8.08. The van der Waals surface area contributed by atoms with Crippen molar-refractivity contribution >= 4 is 32.7 Å². The maximum Gasteiger partial charge on any atom is 0.261 e. The molecule has 0 saturated carbocycles. The predicted octanol–water partition coefficient (Wildman–Crippen LogP) is 3.19. The van der Waals surface area contributed by atoms with Crippen molar-refractivity contribution in [3.05, 3.63) is 69.2 Å². The number of aryl methyl sites for hydroxylation is 1. The Morgan fingerprint density at radius 2 is 2.15 bits per heavy atom. The molecule has 1 amide bonds. The van der Waals surface area contributed by atoms with Gasteiger partial charge in [0.2, 0.25) is 5.91 Å². The fourth-order valence-corrected chi connectivity index (χ4v) is 3.65. The second-order valence-electron chi connectivity index (χ2n) is 6.45. The van der Waals surface area contributed by atoms with E-state index in [0.717, 1.165) is 15.8 Å². The molecule has 3 aromatic rings. The number of rotatable bonds is 4. The summed E-state index contributed by atoms with van der Waals surface area (Å²) in [6.07, 6.45) is 2.42. The number of carbonyl (C=O) groups excluding carboxylic acids is 1. The van der Waals surface area contributed by atoms with Crippen LogP contribution in [0.5, 0.6) is 5.75 Å². The quantitative estimate of drug-likeness (QED) is 0.693. The average molecular weight is 428 g/mol. The van der Waals surface area contributed by atoms with Crippen molar-refractivity contribution < 1.29 is 9.53 Å². The number of benzene rings is 2. The van der Waals surface area contributed by atoms with E-state index in [9.17, 15) is 9.59 Å². The van der Waals surface area contributed by atoms with Crippen LogP contribution in [0.4, 0.5) is 0 Å². The molecule has 4 rings (SSSR count). The molecule has 2 heterocycles. The number of hydrogen-bond acceptors (Lipinski definition) is 4. The van der Waals surface area contributed by atoms with Gasteiger partial charge >= 0.3 is 0 Å². The number of aromatic nitrogens is 2. The van der Waals surface area contributed by atoms with Crippen molar-refractivity contribution in [3.8, 4) is 5.75 Å². The van der Waals surface area contributed by atoms with Gasteiger partial charge in [0, 0.05) is 29.4 Å². The molecule has 0 radical (unpaired) electrons. The third-order valence-electron chi connectivity index (χ3n) is 4.66. The number of para-hydroxylation sites is 1. The second kappa shape index (κ2) is 7.52. The van der Waals surface area contributed by atoms with Crippen LogP contribution < -0.4 is 15.6 Å². The average Bonchev–Trinajstić information content (AvgIpc) is 2.68. The maximum atomic E-state index is 12.5. The lowest BCUT2D eigenvalue weighted by Gasteiger charge is -2.27. The highest BCUT2D eigenvalue weighted by Crippen LogP contribution is 2.34. The summed E-state index contributed by atoms with van der Waals surface area (Å²) in [5, 5.41) is 3.61. The van der Waals surface area contributed by atoms with Gasteiger partial charge in [-0.15, -0.1) is 0 Å². The van der Waals surface area contributed by atoms with Gasteiger partial charge < -0.3 is 10.1 Å². The lowest BCUT2D eigenvalue weighted by atomic mass is 10.0. The second-order valence-corrected chi connectivity index (χ2v) is 7.37. The van der Waals surface area contributed by atoms with E-state index in [1.165, 1.54) is 10.9 Å². The SMILES string of the molecule is O=C(CCn1cnc2ccccc2c1=O)NC1CCOc2ccc(Br)cc21. The van der Waals surface area contributed by atoms with E-state index in [1.54, 1.807) is 12.1 Å². The summed E-state index contributed by atoms with van der Waals surface area (Å²) in [7, 11) is 0. The van der Waals surface area contributed by atoms with E-state index in [4.69, 9.17) is 4.74 Å². The third kappa shape index (κ3) is 3.73. The van der Waals surface area contributed by atoms with Gasteiger partial charge in [0.05, 0.1) is 29.9 Å². The predicted molar refractivity (Wildman–Crippen MR) is 106 cm³/mol. The monoisotopic (exact) mass is 427 g/mol. The maximum absolute atomic E-state index is 12.5. The van der Waals surface area contributed by atoms with E-state index >= 15 is 0 Å². The molecule has 0 bridgehead atoms. The minimum Gasteiger partial charge on any atom is -0.493 e. The highest BCUT2D eigenvalue weighted by molar-refractivity contribution is 9.10. The lowest BCUT2D eigenvalue weighted by molar-refractivity contribution is -0.122. The standard InChI is InChI=1S/C20H18BrN3O3/c21-13-5-6-18-15(11-13)17(8-10-27-18)23-19(25)7-9-24-12-22-16-4-2-1-3-14(16)20(24)26/h1-6,11-12,17H,7-10H2,(H,23,25). The number of ether oxygens (including phenoxy) is 1. The van der Waals surface area contributed by atoms with Gasteiger partial charge in [-0.05, 0) is 30.3 Å². The van der Waals surface area contributed by atoms with Crippen LogP contribution in [0.15, 0.2) is 58.1 Å². The van der Waals surface area contributed by atoms with E-state index in [2.05, 4.69) is 26.2 Å². The molecule has 0 aliphatic carbocycles. The normalized spacial score (nSPS) is 15.8. The fourth-order valence-electron chi connectivity index (χ4n) is 3.27. The molecule has 1 N–H and O–H groups in total. The summed E-state index contributed by atoms with van der Waals surface area (Å²) in [6, 6.07) is 12.9. The topological polar surface area (TPSA) is 73.2 Å². The zero-order valence-electron chi connectivity index (χ0n) is 14.5. The molecule has 7 heteroatoms. The van der Waals surface area contributed by atoms with Crippen LogP contribution in [0.25, 0.3) is 10.9 Å². The summed E-state index contributed by atoms with van der Waals surface area (Å²) >= 11 is 3.46. The van der Waals surface area contributed by atoms with Crippen LogP contribution in [-0.2, 0) is 11.3 Å². The molecule has 1 atom stereocenters. The van der Waals surface area contributed by atoms with Gasteiger partial charge in [0.1, 0.15) is 5.75 Å². The Kier molecular flexibility index (Phi) is 4.94. The summed E-state index contributed by atoms with van der Waals surface area (Å²) in [5.41, 5.74) is 1.50. The Morgan fingerprint density at radius 1 is 1.30 bits per heavy atom. The number of fused-ring (bicyclic) bond motifs is 2. The molecular formula is C20H18BrN3O3. The van der Waals surface area contributed by atoms with Crippen LogP contribution in [0.2, 0.25) is 0 Å². The van der Waals surface area contributed by atoms with E-state index < -0.39 is 0 Å². The van der Waals surface area contributed by atoms with Gasteiger partial charge in [0.15, 0.2) is 0 Å². The molecule has 1 aliphatic heterocycles. The van der Waals surface area contributed by atoms with Gasteiger partial charge in [-0.3, -0.25) is 14.2 Å². The molecular weight excluding hydrogens is 410 g/mol. The minimum atomic E-state index is -0.131. The molecule has 0 spiro atoms. The van der Waals surface area contributed by atoms with E-state index in [1.807, 2.05) is 30.3 Å². The molecule has 1 unspecified atom stereocenters. The lowest BCUT2D eigenvalue weighted by Crippen LogP contribution is -2.33. The van der Waals surface area contributed by atoms with Crippen LogP contribution in [-0.4, -0.2) is 22.1 Å². The van der Waals surface area contributed by atoms with Gasteiger partial charge in [-0.2, -0.15) is 0 Å². The Balaban J connectivity index is 1.45. The molecule has 27 heavy (non-hydrogen) atoms. The smallest absolute Gasteiger partial charge is 0.261 e. The molecule has 1 aromatic heterocycles. The van der Waals surface area contributed by atoms with Crippen molar-refractivity contribution in [3.63, 3.8) is 0 Å². The van der Waals surface area contributed by atoms with E-state index in [-0.39, 0.29) is 30.5 Å². The molecule has 2 aromatic carbocycles. The third-order valence-corrected chi connectivity index (χ3v) is 5.15. The van der Waals surface area contributed by atoms with Crippen LogP contribution >= 0.6 is 15.9 Å². The van der Waals surface area contributed by atoms with Crippen LogP contribution in [0.1, 0.15) is 24.4 Å². The zero-order chi connectivity index (χ0) is 18.8. The van der Waals surface area contributed by atoms with Crippen LogP contribution in [0, 0.1) is 0 Å². The number of carbonyl (C=O) groups is 1. The fraction of sp³-hybridized carbons (Fsp3) is 0.250. The molecule has 1 aliphatic rings. The highest BCUT2D eigenvalue weighted by atomic mass is 79.9. The zero-order valence-corrected chi connectivity index (χ0v) is 16.1. The number of halogens is 1. The largest absolute Gasteiger partial charge is 0.493 e. The summed E-state index contributed by atoms with van der Waals surface area (Å²) in [6.45, 7) is 0.852. The van der Waals surface area contributed by atoms with Crippen molar-refractivity contribution in [1.29, 1.82) is 0 Å². The van der Waals surface area contributed by atoms with Crippen molar-refractivity contribution in [2.24, 2.45) is 0 Å². The first kappa shape index (κ1) is 17.7. The first-order chi connectivity index (χ1) is 13.1. The van der Waals surface area contributed by atoms with Gasteiger partial charge in [-0.25, -0.2) is 4.98 Å². The first-order valence-corrected chi connectivity index (χ1v) is 9.57. The molecule has 138 valence electrons. The Bertz CT molecular complexity index is 1060. The highest BCUT2D eigenvalue weighted by Gasteiger charge is 2.23. The van der Waals surface area contributed by atoms with Gasteiger partial charge in [-0.1, -0.05) is 28.1 Å². The number of hydrogen-bond donors (Lipinski definition) is 1. The van der Waals surface area contributed by atoms with E-state index in [0.29, 0.717) is 23.9 Å². The molecule has 0 fully saturated rings. The van der Waals surface area contributed by atoms with Crippen LogP contribution in [0.3, 0.4) is 0 Å². The number of nitrogens with one attached hydrogen (secondary N) is 1. The van der Waals surface area contributed by atoms with Crippen molar-refractivity contribution in [1.82, 2.24) is 14.9 Å².